The van der Waals surface area contributed by atoms with E-state index < -0.39 is 0 Å². The molecule has 0 spiro atoms. The second-order valence-corrected chi connectivity index (χ2v) is 3.20. The molecule has 0 bridgehead atoms. The van der Waals surface area contributed by atoms with Gasteiger partial charge < -0.3 is 10.2 Å². The molecule has 1 aromatic carbocycles. The molecule has 0 aromatic heterocycles. The van der Waals surface area contributed by atoms with Crippen LogP contribution in [0.1, 0.15) is 13.3 Å². The van der Waals surface area contributed by atoms with Crippen LogP contribution in [0, 0.1) is 0 Å². The average Bonchev–Trinajstić information content (AvgIpc) is 2.19. The van der Waals surface area contributed by atoms with Crippen LogP contribution in [0.5, 0.6) is 0 Å². The van der Waals surface area contributed by atoms with Gasteiger partial charge in [-0.15, -0.1) is 0 Å². The molecule has 0 aliphatic carbocycles. The first kappa shape index (κ1) is 10.6. The van der Waals surface area contributed by atoms with Gasteiger partial charge in [0.25, 0.3) is 0 Å². The Balaban J connectivity index is 2.87. The molecule has 0 atom stereocenters. The number of carbonyl (C=O) groups is 1. The molecule has 3 heteroatoms. The molecule has 1 aromatic rings. The molecule has 0 saturated carbocycles. The van der Waals surface area contributed by atoms with Gasteiger partial charge in [-0.25, -0.2) is 0 Å². The zero-order valence-corrected chi connectivity index (χ0v) is 8.66. The molecule has 76 valence electrons. The zero-order chi connectivity index (χ0) is 10.4. The van der Waals surface area contributed by atoms with Crippen molar-refractivity contribution in [3.8, 4) is 0 Å². The molecule has 0 aliphatic heterocycles. The summed E-state index contributed by atoms with van der Waals surface area (Å²) >= 11 is 0. The molecule has 3 nitrogen and oxygen atoms in total. The number of para-hydroxylation sites is 2. The standard InChI is InChI=1S/C11H16N2O/c1-3-8-13(2)11-7-5-4-6-10(11)12-9-14/h4-7,9H,3,8H2,1-2H3,(H,12,14). The number of anilines is 2. The minimum absolute atomic E-state index is 0.707. The molecule has 1 N–H and O–H groups in total. The summed E-state index contributed by atoms with van der Waals surface area (Å²) in [5.41, 5.74) is 1.92. The summed E-state index contributed by atoms with van der Waals surface area (Å²) in [5.74, 6) is 0. The summed E-state index contributed by atoms with van der Waals surface area (Å²) in [5, 5.41) is 2.69. The largest absolute Gasteiger partial charge is 0.373 e. The van der Waals surface area contributed by atoms with Crippen LogP contribution < -0.4 is 10.2 Å². The van der Waals surface area contributed by atoms with Gasteiger partial charge in [-0.1, -0.05) is 19.1 Å². The fourth-order valence-corrected chi connectivity index (χ4v) is 1.45. The van der Waals surface area contributed by atoms with Gasteiger partial charge in [0.15, 0.2) is 0 Å². The highest BCUT2D eigenvalue weighted by Crippen LogP contribution is 2.23. The van der Waals surface area contributed by atoms with E-state index in [2.05, 4.69) is 17.1 Å². The molecular weight excluding hydrogens is 176 g/mol. The zero-order valence-electron chi connectivity index (χ0n) is 8.66. The van der Waals surface area contributed by atoms with Gasteiger partial charge in [0, 0.05) is 13.6 Å². The summed E-state index contributed by atoms with van der Waals surface area (Å²) in [6.07, 6.45) is 1.80. The monoisotopic (exact) mass is 192 g/mol. The lowest BCUT2D eigenvalue weighted by molar-refractivity contribution is -0.105. The summed E-state index contributed by atoms with van der Waals surface area (Å²) in [7, 11) is 2.02. The van der Waals surface area contributed by atoms with Crippen molar-refractivity contribution in [2.24, 2.45) is 0 Å². The van der Waals surface area contributed by atoms with Crippen LogP contribution in [0.4, 0.5) is 11.4 Å². The maximum atomic E-state index is 10.4. The molecule has 0 fully saturated rings. The average molecular weight is 192 g/mol. The van der Waals surface area contributed by atoms with Crippen LogP contribution in [0.15, 0.2) is 24.3 Å². The Morgan fingerprint density at radius 3 is 2.79 bits per heavy atom. The van der Waals surface area contributed by atoms with Gasteiger partial charge in [0.05, 0.1) is 11.4 Å². The van der Waals surface area contributed by atoms with Crippen molar-refractivity contribution in [1.82, 2.24) is 0 Å². The minimum Gasteiger partial charge on any atom is -0.373 e. The molecule has 1 amide bonds. The third-order valence-corrected chi connectivity index (χ3v) is 2.09. The molecule has 0 saturated heterocycles. The van der Waals surface area contributed by atoms with E-state index in [1.807, 2.05) is 31.3 Å². The van der Waals surface area contributed by atoms with Crippen molar-refractivity contribution in [3.05, 3.63) is 24.3 Å². The van der Waals surface area contributed by atoms with Crippen LogP contribution in [0.3, 0.4) is 0 Å². The second-order valence-electron chi connectivity index (χ2n) is 3.20. The maximum absolute atomic E-state index is 10.4. The number of hydrogen-bond donors (Lipinski definition) is 1. The van der Waals surface area contributed by atoms with Gasteiger partial charge >= 0.3 is 0 Å². The van der Waals surface area contributed by atoms with Crippen LogP contribution in [0.25, 0.3) is 0 Å². The fourth-order valence-electron chi connectivity index (χ4n) is 1.45. The summed E-state index contributed by atoms with van der Waals surface area (Å²) in [6, 6.07) is 7.78. The number of carbonyl (C=O) groups excluding carboxylic acids is 1. The second kappa shape index (κ2) is 5.27. The lowest BCUT2D eigenvalue weighted by Crippen LogP contribution is -2.19. The number of nitrogens with zero attached hydrogens (tertiary/aromatic N) is 1. The summed E-state index contributed by atoms with van der Waals surface area (Å²) in [4.78, 5) is 12.5. The van der Waals surface area contributed by atoms with Gasteiger partial charge in [0.1, 0.15) is 0 Å². The van der Waals surface area contributed by atoms with Crippen LogP contribution in [0.2, 0.25) is 0 Å². The predicted molar refractivity (Wildman–Crippen MR) is 59.7 cm³/mol. The van der Waals surface area contributed by atoms with Crippen molar-refractivity contribution in [2.45, 2.75) is 13.3 Å². The molecule has 14 heavy (non-hydrogen) atoms. The van der Waals surface area contributed by atoms with Gasteiger partial charge in [0.2, 0.25) is 6.41 Å². The van der Waals surface area contributed by atoms with E-state index in [4.69, 9.17) is 0 Å². The van der Waals surface area contributed by atoms with Gasteiger partial charge in [-0.05, 0) is 18.6 Å². The highest BCUT2D eigenvalue weighted by atomic mass is 16.1. The van der Waals surface area contributed by atoms with E-state index in [0.29, 0.717) is 6.41 Å². The Labute approximate surface area is 84.7 Å². The molecule has 0 radical (unpaired) electrons. The fraction of sp³-hybridized carbons (Fsp3) is 0.364. The van der Waals surface area contributed by atoms with E-state index in [9.17, 15) is 4.79 Å². The molecule has 1 rings (SSSR count). The number of rotatable bonds is 5. The van der Waals surface area contributed by atoms with E-state index in [1.165, 1.54) is 0 Å². The van der Waals surface area contributed by atoms with Crippen LogP contribution >= 0.6 is 0 Å². The first-order chi connectivity index (χ1) is 6.79. The molecular formula is C11H16N2O. The van der Waals surface area contributed by atoms with E-state index in [-0.39, 0.29) is 0 Å². The predicted octanol–water partition coefficient (Wildman–Crippen LogP) is 2.10. The smallest absolute Gasteiger partial charge is 0.211 e. The number of nitrogens with one attached hydrogen (secondary N) is 1. The lowest BCUT2D eigenvalue weighted by Gasteiger charge is -2.21. The third-order valence-electron chi connectivity index (χ3n) is 2.09. The van der Waals surface area contributed by atoms with Crippen molar-refractivity contribution in [3.63, 3.8) is 0 Å². The molecule has 0 unspecified atom stereocenters. The molecule has 0 aliphatic rings. The summed E-state index contributed by atoms with van der Waals surface area (Å²) < 4.78 is 0. The van der Waals surface area contributed by atoms with Crippen molar-refractivity contribution >= 4 is 17.8 Å². The Morgan fingerprint density at radius 2 is 2.14 bits per heavy atom. The maximum Gasteiger partial charge on any atom is 0.211 e. The van der Waals surface area contributed by atoms with Gasteiger partial charge in [-0.3, -0.25) is 4.79 Å². The quantitative estimate of drug-likeness (QED) is 0.724. The Kier molecular flexibility index (Phi) is 3.98. The normalized spacial score (nSPS) is 9.57. The SMILES string of the molecule is CCCN(C)c1ccccc1NC=O. The first-order valence-corrected chi connectivity index (χ1v) is 4.80. The van der Waals surface area contributed by atoms with Crippen LogP contribution in [-0.2, 0) is 4.79 Å². The highest BCUT2D eigenvalue weighted by Gasteiger charge is 2.04. The summed E-state index contributed by atoms with van der Waals surface area (Å²) in [6.45, 7) is 3.11. The number of benzene rings is 1. The first-order valence-electron chi connectivity index (χ1n) is 4.80. The lowest BCUT2D eigenvalue weighted by atomic mass is 10.2. The number of amides is 1. The van der Waals surface area contributed by atoms with E-state index in [1.54, 1.807) is 0 Å². The van der Waals surface area contributed by atoms with Crippen molar-refractivity contribution in [2.75, 3.05) is 23.8 Å². The highest BCUT2D eigenvalue weighted by molar-refractivity contribution is 5.81. The van der Waals surface area contributed by atoms with Crippen molar-refractivity contribution < 1.29 is 4.79 Å². The van der Waals surface area contributed by atoms with E-state index in [0.717, 1.165) is 24.3 Å². The van der Waals surface area contributed by atoms with Crippen molar-refractivity contribution in [1.29, 1.82) is 0 Å². The topological polar surface area (TPSA) is 32.3 Å². The minimum atomic E-state index is 0.707. The Hall–Kier alpha value is -1.51. The Bertz CT molecular complexity index is 299. The van der Waals surface area contributed by atoms with E-state index >= 15 is 0 Å². The Morgan fingerprint density at radius 1 is 1.43 bits per heavy atom. The number of hydrogen-bond acceptors (Lipinski definition) is 2. The van der Waals surface area contributed by atoms with Gasteiger partial charge in [-0.2, -0.15) is 0 Å². The van der Waals surface area contributed by atoms with Crippen LogP contribution in [-0.4, -0.2) is 20.0 Å². The molecule has 0 heterocycles. The third kappa shape index (κ3) is 2.49.